The molecule has 2 aromatic rings. The van der Waals surface area contributed by atoms with Crippen molar-refractivity contribution in [1.82, 2.24) is 0 Å². The Hall–Kier alpha value is -0.870. The smallest absolute Gasteiger partial charge is 0.206 e. The highest BCUT2D eigenvalue weighted by Gasteiger charge is 2.25. The molecule has 2 aromatic carbocycles. The van der Waals surface area contributed by atoms with E-state index in [9.17, 15) is 18.0 Å². The zero-order valence-electron chi connectivity index (χ0n) is 13.4. The maximum absolute atomic E-state index is 13.1. The summed E-state index contributed by atoms with van der Waals surface area (Å²) >= 11 is 12.9. The Morgan fingerprint density at radius 1 is 0.704 bits per heavy atom. The number of rotatable bonds is 6. The van der Waals surface area contributed by atoms with Gasteiger partial charge in [-0.3, -0.25) is 9.59 Å². The van der Waals surface area contributed by atoms with Crippen molar-refractivity contribution in [1.29, 1.82) is 0 Å². The first-order chi connectivity index (χ1) is 12.5. The summed E-state index contributed by atoms with van der Waals surface area (Å²) in [5.41, 5.74) is 0.552. The highest BCUT2D eigenvalue weighted by Crippen LogP contribution is 2.35. The van der Waals surface area contributed by atoms with Crippen molar-refractivity contribution in [3.05, 3.63) is 78.6 Å². The van der Waals surface area contributed by atoms with Crippen LogP contribution >= 0.6 is 63.7 Å². The van der Waals surface area contributed by atoms with Gasteiger partial charge in [-0.15, -0.1) is 0 Å². The molecule has 0 bridgehead atoms. The first kappa shape index (κ1) is 22.4. The predicted molar refractivity (Wildman–Crippen MR) is 118 cm³/mol. The summed E-state index contributed by atoms with van der Waals surface area (Å²) in [4.78, 5) is 23.8. The lowest BCUT2D eigenvalue weighted by atomic mass is 10.1. The van der Waals surface area contributed by atoms with Crippen molar-refractivity contribution in [2.24, 2.45) is 0 Å². The molecule has 140 valence electrons. The van der Waals surface area contributed by atoms with Gasteiger partial charge in [0.1, 0.15) is 0 Å². The molecule has 0 N–H and O–H groups in total. The average molecular weight is 642 g/mol. The van der Waals surface area contributed by atoms with E-state index in [0.717, 1.165) is 12.2 Å². The molecule has 0 amide bonds. The first-order valence-corrected chi connectivity index (χ1v) is 11.8. The van der Waals surface area contributed by atoms with E-state index in [-0.39, 0.29) is 32.5 Å². The van der Waals surface area contributed by atoms with Gasteiger partial charge in [0.2, 0.25) is 9.84 Å². The lowest BCUT2D eigenvalue weighted by Crippen LogP contribution is -2.07. The lowest BCUT2D eigenvalue weighted by molar-refractivity contribution is 0.103. The number of hydrogen-bond donors (Lipinski definition) is 0. The Morgan fingerprint density at radius 3 is 1.19 bits per heavy atom. The van der Waals surface area contributed by atoms with Gasteiger partial charge in [0, 0.05) is 17.9 Å². The minimum absolute atomic E-state index is 0.0246. The second-order valence-electron chi connectivity index (χ2n) is 5.16. The van der Waals surface area contributed by atoms with Crippen molar-refractivity contribution >= 4 is 85.1 Å². The van der Waals surface area contributed by atoms with Gasteiger partial charge < -0.3 is 0 Å². The fraction of sp³-hybridized carbons (Fsp3) is 0. The fourth-order valence-corrected chi connectivity index (χ4v) is 7.35. The number of sulfone groups is 1. The second kappa shape index (κ2) is 8.65. The van der Waals surface area contributed by atoms with Crippen LogP contribution in [0.2, 0.25) is 0 Å². The summed E-state index contributed by atoms with van der Waals surface area (Å²) in [7, 11) is -3.92. The molecule has 0 saturated heterocycles. The minimum Gasteiger partial charge on any atom is -0.289 e. The molecule has 0 aromatic heterocycles. The van der Waals surface area contributed by atoms with E-state index in [1.807, 2.05) is 0 Å². The molecule has 0 aliphatic heterocycles. The standard InChI is InChI=1S/C18H10Br4O4S/c1-3-15(23)17-11(19)5-9(6-12(17)20)27(25,26)10-7-13(21)18(14(22)8-10)16(24)4-2/h3-8H,1-2H2. The molecule has 0 heterocycles. The van der Waals surface area contributed by atoms with E-state index >= 15 is 0 Å². The number of halogens is 4. The maximum Gasteiger partial charge on any atom is 0.206 e. The Balaban J connectivity index is 2.67. The van der Waals surface area contributed by atoms with Crippen LogP contribution in [0.15, 0.2) is 77.3 Å². The molecule has 4 nitrogen and oxygen atoms in total. The Morgan fingerprint density at radius 2 is 0.963 bits per heavy atom. The molecule has 0 unspecified atom stereocenters. The van der Waals surface area contributed by atoms with Gasteiger partial charge >= 0.3 is 0 Å². The quantitative estimate of drug-likeness (QED) is 0.274. The van der Waals surface area contributed by atoms with Gasteiger partial charge in [0.15, 0.2) is 11.6 Å². The molecule has 27 heavy (non-hydrogen) atoms. The zero-order valence-corrected chi connectivity index (χ0v) is 20.6. The molecule has 0 aliphatic carbocycles. The topological polar surface area (TPSA) is 68.3 Å². The van der Waals surface area contributed by atoms with E-state index in [1.165, 1.54) is 24.3 Å². The summed E-state index contributed by atoms with van der Waals surface area (Å²) < 4.78 is 27.4. The molecule has 0 aliphatic rings. The van der Waals surface area contributed by atoms with Gasteiger partial charge in [-0.05, 0) is 100 Å². The summed E-state index contributed by atoms with van der Waals surface area (Å²) in [6.45, 7) is 6.86. The number of hydrogen-bond acceptors (Lipinski definition) is 4. The first-order valence-electron chi connectivity index (χ1n) is 7.11. The SMILES string of the molecule is C=CC(=O)c1c(Br)cc(S(=O)(=O)c2cc(Br)c(C(=O)C=C)c(Br)c2)cc1Br. The van der Waals surface area contributed by atoms with E-state index in [0.29, 0.717) is 17.9 Å². The molecule has 0 fully saturated rings. The van der Waals surface area contributed by atoms with Crippen molar-refractivity contribution < 1.29 is 18.0 Å². The van der Waals surface area contributed by atoms with Crippen LogP contribution in [0.25, 0.3) is 0 Å². The van der Waals surface area contributed by atoms with Crippen LogP contribution < -0.4 is 0 Å². The molecular weight excluding hydrogens is 632 g/mol. The Labute approximate surface area is 190 Å². The number of carbonyl (C=O) groups is 2. The number of carbonyl (C=O) groups excluding carboxylic acids is 2. The molecule has 9 heteroatoms. The largest absolute Gasteiger partial charge is 0.289 e. The van der Waals surface area contributed by atoms with Crippen LogP contribution in [-0.4, -0.2) is 20.0 Å². The van der Waals surface area contributed by atoms with Crippen molar-refractivity contribution in [2.75, 3.05) is 0 Å². The summed E-state index contributed by atoms with van der Waals surface area (Å²) in [5, 5.41) is 0. The maximum atomic E-state index is 13.1. The predicted octanol–water partition coefficient (Wildman–Crippen LogP) is 6.31. The normalized spacial score (nSPS) is 11.1. The van der Waals surface area contributed by atoms with Crippen LogP contribution in [-0.2, 0) is 9.84 Å². The molecular formula is C18H10Br4O4S. The van der Waals surface area contributed by atoms with Gasteiger partial charge in [-0.25, -0.2) is 8.42 Å². The van der Waals surface area contributed by atoms with E-state index < -0.39 is 9.84 Å². The third-order valence-electron chi connectivity index (χ3n) is 3.52. The highest BCUT2D eigenvalue weighted by atomic mass is 79.9. The number of ketones is 2. The Kier molecular flexibility index (Phi) is 7.18. The number of benzene rings is 2. The second-order valence-corrected chi connectivity index (χ2v) is 10.5. The van der Waals surface area contributed by atoms with Gasteiger partial charge in [0.05, 0.1) is 20.9 Å². The lowest BCUT2D eigenvalue weighted by Gasteiger charge is -2.12. The minimum atomic E-state index is -3.92. The van der Waals surface area contributed by atoms with Gasteiger partial charge in [0.25, 0.3) is 0 Å². The van der Waals surface area contributed by atoms with Crippen LogP contribution in [0.1, 0.15) is 20.7 Å². The summed E-state index contributed by atoms with van der Waals surface area (Å²) in [6.07, 6.45) is 2.28. The van der Waals surface area contributed by atoms with Gasteiger partial charge in [-0.1, -0.05) is 13.2 Å². The molecule has 2 rings (SSSR count). The van der Waals surface area contributed by atoms with Crippen molar-refractivity contribution in [3.8, 4) is 0 Å². The van der Waals surface area contributed by atoms with E-state index in [2.05, 4.69) is 76.9 Å². The monoisotopic (exact) mass is 638 g/mol. The van der Waals surface area contributed by atoms with Gasteiger partial charge in [-0.2, -0.15) is 0 Å². The third-order valence-corrected chi connectivity index (χ3v) is 7.73. The van der Waals surface area contributed by atoms with Crippen molar-refractivity contribution in [2.45, 2.75) is 9.79 Å². The summed E-state index contributed by atoms with van der Waals surface area (Å²) in [5.74, 6) is -0.703. The third kappa shape index (κ3) is 4.42. The van der Waals surface area contributed by atoms with Crippen LogP contribution in [0, 0.1) is 0 Å². The highest BCUT2D eigenvalue weighted by molar-refractivity contribution is 9.11. The summed E-state index contributed by atoms with van der Waals surface area (Å²) in [6, 6.07) is 5.39. The zero-order chi connectivity index (χ0) is 20.5. The Bertz CT molecular complexity index is 977. The number of allylic oxidation sites excluding steroid dienone is 2. The molecule has 0 atom stereocenters. The van der Waals surface area contributed by atoms with E-state index in [4.69, 9.17) is 0 Å². The van der Waals surface area contributed by atoms with Crippen molar-refractivity contribution in [3.63, 3.8) is 0 Å². The fourth-order valence-electron chi connectivity index (χ4n) is 2.22. The average Bonchev–Trinajstić information content (AvgIpc) is 2.59. The van der Waals surface area contributed by atoms with Crippen LogP contribution in [0.3, 0.4) is 0 Å². The van der Waals surface area contributed by atoms with Crippen LogP contribution in [0.4, 0.5) is 0 Å². The molecule has 0 spiro atoms. The van der Waals surface area contributed by atoms with E-state index in [1.54, 1.807) is 0 Å². The van der Waals surface area contributed by atoms with Crippen LogP contribution in [0.5, 0.6) is 0 Å². The molecule has 0 radical (unpaired) electrons. The molecule has 0 saturated carbocycles.